The number of nitriles is 1. The number of aromatic nitrogens is 2. The van der Waals surface area contributed by atoms with Gasteiger partial charge >= 0.3 is 19.5 Å². The number of ether oxygens (including phenoxy) is 2. The quantitative estimate of drug-likeness (QED) is 0.408. The van der Waals surface area contributed by atoms with E-state index in [1.165, 1.54) is 26.4 Å². The smallest absolute Gasteiger partial charge is 0.512 e. The number of hydrogen-bond acceptors (Lipinski definition) is 7. The standard InChI is InChI=1S/C7H5FN2O.C6H5ClFNO.2CN.Zn/c1-11-7-2-5(3-9)10-4-6(7)8;1-10-5-2-6(7)9-3-4(5)8;2*1-2;/h2,4H,1H3;2-3H,1H3;;;/q;;2*-1;+2. The fraction of sp³-hybridized carbons (Fsp3) is 0.133. The fourth-order valence-electron chi connectivity index (χ4n) is 1.19. The number of rotatable bonds is 2. The van der Waals surface area contributed by atoms with Crippen LogP contribution in [0.15, 0.2) is 24.5 Å². The van der Waals surface area contributed by atoms with E-state index in [4.69, 9.17) is 40.5 Å². The number of halogens is 3. The van der Waals surface area contributed by atoms with Crippen LogP contribution in [-0.4, -0.2) is 24.2 Å². The Kier molecular flexibility index (Phi) is 18.3. The van der Waals surface area contributed by atoms with Gasteiger partial charge in [0, 0.05) is 12.1 Å². The van der Waals surface area contributed by atoms with Crippen LogP contribution in [0.2, 0.25) is 5.15 Å². The first-order chi connectivity index (χ1) is 12.0. The molecular weight excluding hydrogens is 421 g/mol. The molecule has 2 aromatic heterocycles. The van der Waals surface area contributed by atoms with Gasteiger partial charge in [0.1, 0.15) is 16.9 Å². The van der Waals surface area contributed by atoms with E-state index in [0.717, 1.165) is 12.4 Å². The molecule has 0 spiro atoms. The molecule has 0 saturated heterocycles. The Labute approximate surface area is 167 Å². The molecule has 2 aromatic rings. The van der Waals surface area contributed by atoms with E-state index in [2.05, 4.69) is 19.4 Å². The Morgan fingerprint density at radius 3 is 1.77 bits per heavy atom. The third kappa shape index (κ3) is 10.1. The van der Waals surface area contributed by atoms with Gasteiger partial charge in [-0.15, -0.1) is 0 Å². The molecule has 0 bridgehead atoms. The Morgan fingerprint density at radius 1 is 0.962 bits per heavy atom. The van der Waals surface area contributed by atoms with Crippen molar-refractivity contribution in [1.82, 2.24) is 9.97 Å². The van der Waals surface area contributed by atoms with E-state index in [9.17, 15) is 8.78 Å². The Morgan fingerprint density at radius 2 is 1.38 bits per heavy atom. The zero-order chi connectivity index (χ0) is 19.8. The second kappa shape index (κ2) is 17.0. The van der Waals surface area contributed by atoms with Crippen molar-refractivity contribution < 1.29 is 37.7 Å². The predicted molar refractivity (Wildman–Crippen MR) is 81.2 cm³/mol. The number of methoxy groups -OCH3 is 2. The van der Waals surface area contributed by atoms with Crippen LogP contribution in [0.5, 0.6) is 11.5 Å². The third-order valence-electron chi connectivity index (χ3n) is 2.16. The molecule has 0 aliphatic carbocycles. The van der Waals surface area contributed by atoms with Crippen molar-refractivity contribution in [2.75, 3.05) is 14.2 Å². The Hall–Kier alpha value is -2.86. The first-order valence-corrected chi connectivity index (χ1v) is 6.29. The second-order valence-electron chi connectivity index (χ2n) is 3.46. The van der Waals surface area contributed by atoms with Crippen LogP contribution < -0.4 is 9.47 Å². The minimum absolute atomic E-state index is 0. The van der Waals surface area contributed by atoms with Gasteiger partial charge in [-0.25, -0.2) is 18.7 Å². The molecule has 0 fully saturated rings. The molecule has 0 aliphatic heterocycles. The molecule has 0 radical (unpaired) electrons. The van der Waals surface area contributed by atoms with Gasteiger partial charge in [-0.1, -0.05) is 11.6 Å². The second-order valence-corrected chi connectivity index (χ2v) is 3.84. The molecule has 0 amide bonds. The summed E-state index contributed by atoms with van der Waals surface area (Å²) in [5.74, 6) is -0.921. The summed E-state index contributed by atoms with van der Waals surface area (Å²) in [6, 6.07) is 4.33. The van der Waals surface area contributed by atoms with Crippen LogP contribution in [0.1, 0.15) is 5.69 Å². The van der Waals surface area contributed by atoms with Gasteiger partial charge in [-0.2, -0.15) is 5.26 Å². The summed E-state index contributed by atoms with van der Waals surface area (Å²) in [5, 5.41) is 21.1. The largest absolute Gasteiger partial charge is 2.00 e. The van der Waals surface area contributed by atoms with E-state index in [1.54, 1.807) is 6.07 Å². The Bertz CT molecular complexity index is 748. The third-order valence-corrected chi connectivity index (χ3v) is 2.37. The van der Waals surface area contributed by atoms with Crippen molar-refractivity contribution in [2.24, 2.45) is 0 Å². The maximum absolute atomic E-state index is 12.6. The van der Waals surface area contributed by atoms with E-state index < -0.39 is 11.6 Å². The zero-order valence-electron chi connectivity index (χ0n) is 13.7. The molecule has 0 unspecified atom stereocenters. The minimum Gasteiger partial charge on any atom is -0.512 e. The van der Waals surface area contributed by atoms with E-state index in [0.29, 0.717) is 0 Å². The first-order valence-electron chi connectivity index (χ1n) is 5.91. The van der Waals surface area contributed by atoms with Gasteiger partial charge in [-0.3, -0.25) is 0 Å². The van der Waals surface area contributed by atoms with Gasteiger partial charge in [0.15, 0.2) is 23.1 Å². The van der Waals surface area contributed by atoms with Crippen molar-refractivity contribution in [2.45, 2.75) is 0 Å². The molecule has 130 valence electrons. The molecule has 0 saturated carbocycles. The van der Waals surface area contributed by atoms with Gasteiger partial charge < -0.3 is 33.1 Å². The van der Waals surface area contributed by atoms with Crippen LogP contribution in [0, 0.1) is 46.6 Å². The molecule has 0 aliphatic rings. The molecule has 11 heteroatoms. The summed E-state index contributed by atoms with van der Waals surface area (Å²) >= 11 is 5.44. The van der Waals surface area contributed by atoms with E-state index in [1.807, 2.05) is 0 Å². The summed E-state index contributed by atoms with van der Waals surface area (Å²) in [6.07, 6.45) is 1.97. The van der Waals surface area contributed by atoms with Crippen LogP contribution in [0.25, 0.3) is 0 Å². The SMILES string of the molecule is COc1cc(C#N)ncc1F.COc1cc(Cl)ncc1F.[C-]#N.[C-]#N.[Zn+2]. The zero-order valence-corrected chi connectivity index (χ0v) is 17.4. The van der Waals surface area contributed by atoms with Gasteiger partial charge in [0.05, 0.1) is 26.6 Å². The number of hydrogen-bond donors (Lipinski definition) is 0. The normalized spacial score (nSPS) is 7.54. The maximum Gasteiger partial charge on any atom is 2.00 e. The van der Waals surface area contributed by atoms with Crippen molar-refractivity contribution in [1.29, 1.82) is 15.8 Å². The summed E-state index contributed by atoms with van der Waals surface area (Å²) in [4.78, 5) is 6.99. The van der Waals surface area contributed by atoms with Crippen LogP contribution in [0.4, 0.5) is 8.78 Å². The summed E-state index contributed by atoms with van der Waals surface area (Å²) in [6.45, 7) is 9.50. The van der Waals surface area contributed by atoms with Crippen LogP contribution in [0.3, 0.4) is 0 Å². The van der Waals surface area contributed by atoms with E-state index >= 15 is 0 Å². The fourth-order valence-corrected chi connectivity index (χ4v) is 1.34. The van der Waals surface area contributed by atoms with Crippen molar-refractivity contribution in [3.8, 4) is 17.6 Å². The average molecular weight is 431 g/mol. The molecule has 2 rings (SSSR count). The molecule has 0 aromatic carbocycles. The monoisotopic (exact) mass is 429 g/mol. The molecule has 7 nitrogen and oxygen atoms in total. The average Bonchev–Trinajstić information content (AvgIpc) is 2.68. The van der Waals surface area contributed by atoms with E-state index in [-0.39, 0.29) is 41.8 Å². The van der Waals surface area contributed by atoms with Crippen molar-refractivity contribution in [3.05, 3.63) is 60.2 Å². The number of nitrogens with zero attached hydrogens (tertiary/aromatic N) is 5. The minimum atomic E-state index is -0.563. The molecule has 0 N–H and O–H groups in total. The molecule has 2 heterocycles. The first kappa shape index (κ1) is 28.0. The van der Waals surface area contributed by atoms with Crippen LogP contribution in [-0.2, 0) is 19.5 Å². The topological polar surface area (TPSA) is 116 Å². The van der Waals surface area contributed by atoms with Gasteiger partial charge in [-0.05, 0) is 0 Å². The summed E-state index contributed by atoms with van der Waals surface area (Å²) in [5.41, 5.74) is 0.142. The molecule has 0 atom stereocenters. The summed E-state index contributed by atoms with van der Waals surface area (Å²) < 4.78 is 34.4. The predicted octanol–water partition coefficient (Wildman–Crippen LogP) is 3.17. The van der Waals surface area contributed by atoms with Crippen molar-refractivity contribution in [3.63, 3.8) is 0 Å². The summed E-state index contributed by atoms with van der Waals surface area (Å²) in [7, 11) is 2.70. The number of pyridine rings is 2. The van der Waals surface area contributed by atoms with Crippen molar-refractivity contribution >= 4 is 11.6 Å². The van der Waals surface area contributed by atoms with Gasteiger partial charge in [0.2, 0.25) is 0 Å². The van der Waals surface area contributed by atoms with Gasteiger partial charge in [0.25, 0.3) is 0 Å². The molecular formula is C15H10ClF2N5O2Zn. The van der Waals surface area contributed by atoms with Crippen LogP contribution >= 0.6 is 11.6 Å². The maximum atomic E-state index is 12.6. The Balaban J connectivity index is -0.000000332. The molecule has 26 heavy (non-hydrogen) atoms.